The molecule has 0 unspecified atom stereocenters. The van der Waals surface area contributed by atoms with Crippen LogP contribution in [0.25, 0.3) is 0 Å². The number of hydrogen-bond donors (Lipinski definition) is 1. The normalized spacial score (nSPS) is 14.7. The number of ether oxygens (including phenoxy) is 1. The van der Waals surface area contributed by atoms with Gasteiger partial charge in [0.25, 0.3) is 5.91 Å². The molecule has 7 nitrogen and oxygen atoms in total. The molecule has 0 saturated carbocycles. The Kier molecular flexibility index (Phi) is 7.15. The quantitative estimate of drug-likeness (QED) is 0.567. The molecule has 0 radical (unpaired) electrons. The van der Waals surface area contributed by atoms with Crippen LogP contribution < -0.4 is 4.74 Å². The van der Waals surface area contributed by atoms with E-state index >= 15 is 0 Å². The highest BCUT2D eigenvalue weighted by molar-refractivity contribution is 5.98. The highest BCUT2D eigenvalue weighted by atomic mass is 16.5. The molecular weight excluding hydrogens is 444 g/mol. The van der Waals surface area contributed by atoms with Gasteiger partial charge in [-0.25, -0.2) is 0 Å². The smallest absolute Gasteiger partial charge is 0.323 e. The van der Waals surface area contributed by atoms with E-state index in [2.05, 4.69) is 0 Å². The molecule has 0 aromatic heterocycles. The van der Waals surface area contributed by atoms with Crippen LogP contribution in [0.1, 0.15) is 32.6 Å². The zero-order valence-electron chi connectivity index (χ0n) is 19.8. The fourth-order valence-electron chi connectivity index (χ4n) is 4.36. The predicted molar refractivity (Wildman–Crippen MR) is 131 cm³/mol. The summed E-state index contributed by atoms with van der Waals surface area (Å²) in [5, 5.41) is 9.53. The lowest BCUT2D eigenvalue weighted by atomic mass is 9.92. The number of fused-ring (bicyclic) bond motifs is 1. The fraction of sp³-hybridized carbons (Fsp3) is 0.250. The number of carboxylic acids is 1. The summed E-state index contributed by atoms with van der Waals surface area (Å²) in [5.41, 5.74) is 4.27. The summed E-state index contributed by atoms with van der Waals surface area (Å²) >= 11 is 0. The van der Waals surface area contributed by atoms with Crippen molar-refractivity contribution in [3.63, 3.8) is 0 Å². The second kappa shape index (κ2) is 10.4. The topological polar surface area (TPSA) is 87.2 Å². The summed E-state index contributed by atoms with van der Waals surface area (Å²) in [7, 11) is 1.57. The Balaban J connectivity index is 1.66. The van der Waals surface area contributed by atoms with Gasteiger partial charge in [0.05, 0.1) is 7.11 Å². The minimum absolute atomic E-state index is 0.111. The molecule has 1 N–H and O–H groups in total. The molecule has 1 aliphatic rings. The lowest BCUT2D eigenvalue weighted by Crippen LogP contribution is -2.54. The highest BCUT2D eigenvalue weighted by Gasteiger charge is 2.37. The van der Waals surface area contributed by atoms with Crippen molar-refractivity contribution < 1.29 is 24.2 Å². The average Bonchev–Trinajstić information content (AvgIpc) is 2.87. The summed E-state index contributed by atoms with van der Waals surface area (Å²) in [5.74, 6) is -1.08. The van der Waals surface area contributed by atoms with Crippen molar-refractivity contribution in [2.24, 2.45) is 0 Å². The first kappa shape index (κ1) is 24.0. The summed E-state index contributed by atoms with van der Waals surface area (Å²) in [6.07, 6.45) is 0.325. The third-order valence-electron chi connectivity index (χ3n) is 6.26. The molecule has 4 rings (SSSR count). The van der Waals surface area contributed by atoms with Gasteiger partial charge in [0.1, 0.15) is 18.3 Å². The molecule has 0 bridgehead atoms. The van der Waals surface area contributed by atoms with Crippen molar-refractivity contribution in [3.8, 4) is 5.75 Å². The number of amides is 2. The molecule has 180 valence electrons. The van der Waals surface area contributed by atoms with Crippen LogP contribution in [0.5, 0.6) is 5.75 Å². The van der Waals surface area contributed by atoms with E-state index in [1.54, 1.807) is 48.4 Å². The van der Waals surface area contributed by atoms with Crippen molar-refractivity contribution in [2.45, 2.75) is 32.5 Å². The number of aryl methyl sites for hydroxylation is 1. The zero-order chi connectivity index (χ0) is 24.9. The summed E-state index contributed by atoms with van der Waals surface area (Å²) in [6.45, 7) is 1.87. The first-order chi connectivity index (χ1) is 16.9. The molecule has 7 heteroatoms. The largest absolute Gasteiger partial charge is 0.497 e. The van der Waals surface area contributed by atoms with Gasteiger partial charge in [0.15, 0.2) is 0 Å². The van der Waals surface area contributed by atoms with Gasteiger partial charge >= 0.3 is 5.97 Å². The lowest BCUT2D eigenvalue weighted by molar-refractivity contribution is -0.147. The van der Waals surface area contributed by atoms with Gasteiger partial charge in [-0.3, -0.25) is 14.4 Å². The summed E-state index contributed by atoms with van der Waals surface area (Å²) < 4.78 is 5.19. The monoisotopic (exact) mass is 472 g/mol. The maximum Gasteiger partial charge on any atom is 0.323 e. The maximum atomic E-state index is 13.8. The standard InChI is InChI=1S/C28H28N2O5/c1-19-7-11-21(12-8-19)27(33)30-17-23-6-4-3-5-22(23)15-25(30)28(34)29(18-26(31)32)16-20-9-13-24(35-2)14-10-20/h3-14,25H,15-18H2,1-2H3,(H,31,32)/t25-/m0/s1. The minimum Gasteiger partial charge on any atom is -0.497 e. The number of carbonyl (C=O) groups excluding carboxylic acids is 2. The number of methoxy groups -OCH3 is 1. The maximum absolute atomic E-state index is 13.8. The highest BCUT2D eigenvalue weighted by Crippen LogP contribution is 2.27. The number of benzene rings is 3. The van der Waals surface area contributed by atoms with E-state index in [0.717, 1.165) is 22.3 Å². The van der Waals surface area contributed by atoms with Crippen molar-refractivity contribution in [1.29, 1.82) is 0 Å². The van der Waals surface area contributed by atoms with Crippen molar-refractivity contribution in [2.75, 3.05) is 13.7 Å². The van der Waals surface area contributed by atoms with Crippen LogP contribution in [-0.4, -0.2) is 52.4 Å². The SMILES string of the molecule is COc1ccc(CN(CC(=O)O)C(=O)[C@@H]2Cc3ccccc3CN2C(=O)c2ccc(C)cc2)cc1. The Labute approximate surface area is 204 Å². The average molecular weight is 473 g/mol. The Hall–Kier alpha value is -4.13. The molecule has 2 amide bonds. The van der Waals surface area contributed by atoms with Crippen LogP contribution >= 0.6 is 0 Å². The number of nitrogens with zero attached hydrogens (tertiary/aromatic N) is 2. The van der Waals surface area contributed by atoms with E-state index in [9.17, 15) is 19.5 Å². The minimum atomic E-state index is -1.11. The zero-order valence-corrected chi connectivity index (χ0v) is 19.8. The first-order valence-electron chi connectivity index (χ1n) is 11.4. The summed E-state index contributed by atoms with van der Waals surface area (Å²) in [4.78, 5) is 41.9. The molecule has 0 saturated heterocycles. The van der Waals surface area contributed by atoms with Crippen LogP contribution in [-0.2, 0) is 29.1 Å². The van der Waals surface area contributed by atoms with Gasteiger partial charge in [-0.1, -0.05) is 54.1 Å². The van der Waals surface area contributed by atoms with Gasteiger partial charge in [-0.15, -0.1) is 0 Å². The Morgan fingerprint density at radius 1 is 0.971 bits per heavy atom. The molecule has 3 aromatic rings. The first-order valence-corrected chi connectivity index (χ1v) is 11.4. The van der Waals surface area contributed by atoms with Gasteiger partial charge in [-0.05, 0) is 47.9 Å². The molecule has 3 aromatic carbocycles. The van der Waals surface area contributed by atoms with Crippen LogP contribution in [0.3, 0.4) is 0 Å². The Morgan fingerprint density at radius 2 is 1.63 bits per heavy atom. The molecule has 35 heavy (non-hydrogen) atoms. The van der Waals surface area contributed by atoms with E-state index in [1.165, 1.54) is 4.90 Å². The number of carbonyl (C=O) groups is 3. The number of rotatable bonds is 7. The number of carboxylic acid groups (broad SMARTS) is 1. The molecule has 1 heterocycles. The lowest BCUT2D eigenvalue weighted by Gasteiger charge is -2.38. The van der Waals surface area contributed by atoms with Crippen LogP contribution in [0, 0.1) is 6.92 Å². The van der Waals surface area contributed by atoms with Gasteiger partial charge in [0, 0.05) is 25.1 Å². The molecule has 1 atom stereocenters. The second-order valence-electron chi connectivity index (χ2n) is 8.72. The third-order valence-corrected chi connectivity index (χ3v) is 6.26. The van der Waals surface area contributed by atoms with Crippen LogP contribution in [0.2, 0.25) is 0 Å². The van der Waals surface area contributed by atoms with Crippen molar-refractivity contribution in [1.82, 2.24) is 9.80 Å². The fourth-order valence-corrected chi connectivity index (χ4v) is 4.36. The van der Waals surface area contributed by atoms with Crippen molar-refractivity contribution >= 4 is 17.8 Å². The van der Waals surface area contributed by atoms with E-state index in [1.807, 2.05) is 43.3 Å². The summed E-state index contributed by atoms with van der Waals surface area (Å²) in [6, 6.07) is 21.3. The van der Waals surface area contributed by atoms with Gasteiger partial charge < -0.3 is 19.6 Å². The third kappa shape index (κ3) is 5.51. The van der Waals surface area contributed by atoms with Gasteiger partial charge in [-0.2, -0.15) is 0 Å². The molecule has 0 aliphatic carbocycles. The number of aliphatic carboxylic acids is 1. The molecule has 0 fully saturated rings. The van der Waals surface area contributed by atoms with Crippen LogP contribution in [0.15, 0.2) is 72.8 Å². The van der Waals surface area contributed by atoms with Crippen LogP contribution in [0.4, 0.5) is 0 Å². The van der Waals surface area contributed by atoms with E-state index in [4.69, 9.17) is 4.74 Å². The van der Waals surface area contributed by atoms with Crippen molar-refractivity contribution in [3.05, 3.63) is 101 Å². The molecule has 0 spiro atoms. The van der Waals surface area contributed by atoms with E-state index < -0.39 is 24.5 Å². The Bertz CT molecular complexity index is 1220. The predicted octanol–water partition coefficient (Wildman–Crippen LogP) is 3.68. The van der Waals surface area contributed by atoms with Gasteiger partial charge in [0.2, 0.25) is 5.91 Å². The Morgan fingerprint density at radius 3 is 2.26 bits per heavy atom. The number of hydrogen-bond acceptors (Lipinski definition) is 4. The van der Waals surface area contributed by atoms with E-state index in [-0.39, 0.29) is 19.0 Å². The molecular formula is C28H28N2O5. The second-order valence-corrected chi connectivity index (χ2v) is 8.72. The van der Waals surface area contributed by atoms with E-state index in [0.29, 0.717) is 17.7 Å². The molecule has 1 aliphatic heterocycles.